The highest BCUT2D eigenvalue weighted by molar-refractivity contribution is 5.86. The van der Waals surface area contributed by atoms with Gasteiger partial charge in [-0.3, -0.25) is 4.98 Å². The van der Waals surface area contributed by atoms with Gasteiger partial charge in [-0.1, -0.05) is 19.9 Å². The summed E-state index contributed by atoms with van der Waals surface area (Å²) in [6.07, 6.45) is 0. The van der Waals surface area contributed by atoms with Crippen molar-refractivity contribution in [1.29, 1.82) is 0 Å². The minimum absolute atomic E-state index is 0.0728. The summed E-state index contributed by atoms with van der Waals surface area (Å²) < 4.78 is 0. The molecule has 18 heavy (non-hydrogen) atoms. The Balaban J connectivity index is 2.77. The maximum Gasteiger partial charge on any atom is 0.0713 e. The Labute approximate surface area is 109 Å². The number of hydrogen-bond acceptors (Lipinski definition) is 2. The Hall–Kier alpha value is -1.41. The number of benzene rings is 1. The lowest BCUT2D eigenvalue weighted by atomic mass is 9.87. The molecular weight excluding hydrogens is 220 g/mol. The summed E-state index contributed by atoms with van der Waals surface area (Å²) >= 11 is 0. The molecule has 0 aliphatic heterocycles. The fourth-order valence-electron chi connectivity index (χ4n) is 2.44. The molecule has 2 aromatic rings. The normalized spacial score (nSPS) is 12.1. The van der Waals surface area contributed by atoms with E-state index in [4.69, 9.17) is 10.7 Å². The first-order valence-corrected chi connectivity index (χ1v) is 6.44. The number of aryl methyl sites for hydroxylation is 3. The molecule has 0 bridgehead atoms. The van der Waals surface area contributed by atoms with Gasteiger partial charge in [0.15, 0.2) is 0 Å². The summed E-state index contributed by atoms with van der Waals surface area (Å²) in [4.78, 5) is 4.82. The zero-order valence-electron chi connectivity index (χ0n) is 12.0. The summed E-state index contributed by atoms with van der Waals surface area (Å²) in [5, 5.41) is 1.28. The lowest BCUT2D eigenvalue weighted by Gasteiger charge is -2.23. The van der Waals surface area contributed by atoms with E-state index in [1.807, 2.05) is 0 Å². The van der Waals surface area contributed by atoms with Gasteiger partial charge in [-0.2, -0.15) is 0 Å². The van der Waals surface area contributed by atoms with Crippen LogP contribution >= 0.6 is 0 Å². The Bertz CT molecular complexity index is 598. The zero-order chi connectivity index (χ0) is 13.5. The Morgan fingerprint density at radius 2 is 1.67 bits per heavy atom. The van der Waals surface area contributed by atoms with Gasteiger partial charge in [-0.15, -0.1) is 0 Å². The third-order valence-electron chi connectivity index (χ3n) is 3.65. The van der Waals surface area contributed by atoms with E-state index in [1.54, 1.807) is 0 Å². The average Bonchev–Trinajstić information content (AvgIpc) is 2.27. The van der Waals surface area contributed by atoms with Crippen molar-refractivity contribution >= 4 is 10.9 Å². The highest BCUT2D eigenvalue weighted by atomic mass is 14.7. The first-order valence-electron chi connectivity index (χ1n) is 6.44. The molecule has 96 valence electrons. The van der Waals surface area contributed by atoms with Crippen molar-refractivity contribution in [1.82, 2.24) is 4.98 Å². The summed E-state index contributed by atoms with van der Waals surface area (Å²) in [5.74, 6) is 0. The van der Waals surface area contributed by atoms with Crippen LogP contribution in [0.25, 0.3) is 10.9 Å². The van der Waals surface area contributed by atoms with Crippen LogP contribution in [0.5, 0.6) is 0 Å². The maximum atomic E-state index is 5.85. The minimum atomic E-state index is -0.0728. The number of rotatable bonds is 2. The Morgan fingerprint density at radius 3 is 2.28 bits per heavy atom. The predicted molar refractivity (Wildman–Crippen MR) is 78.0 cm³/mol. The second-order valence-electron chi connectivity index (χ2n) is 5.89. The first-order chi connectivity index (χ1) is 8.35. The number of pyridine rings is 1. The number of nitrogens with two attached hydrogens (primary N) is 1. The van der Waals surface area contributed by atoms with Gasteiger partial charge in [0.05, 0.1) is 5.52 Å². The van der Waals surface area contributed by atoms with Gasteiger partial charge in [-0.25, -0.2) is 0 Å². The molecule has 0 spiro atoms. The van der Waals surface area contributed by atoms with E-state index in [9.17, 15) is 0 Å². The molecule has 2 nitrogen and oxygen atoms in total. The highest BCUT2D eigenvalue weighted by Crippen LogP contribution is 2.28. The fourth-order valence-corrected chi connectivity index (χ4v) is 2.44. The van der Waals surface area contributed by atoms with Crippen molar-refractivity contribution in [3.05, 3.63) is 40.6 Å². The Kier molecular flexibility index (Phi) is 3.16. The molecule has 0 amide bonds. The molecule has 0 saturated heterocycles. The maximum absolute atomic E-state index is 5.85. The van der Waals surface area contributed by atoms with E-state index >= 15 is 0 Å². The third-order valence-corrected chi connectivity index (χ3v) is 3.65. The molecule has 1 aromatic heterocycles. The smallest absolute Gasteiger partial charge is 0.0713 e. The molecular formula is C16H22N2. The molecule has 0 radical (unpaired) electrons. The number of fused-ring (bicyclic) bond motifs is 1. The molecule has 0 fully saturated rings. The predicted octanol–water partition coefficient (Wildman–Crippen LogP) is 3.40. The molecule has 0 aliphatic carbocycles. The van der Waals surface area contributed by atoms with E-state index < -0.39 is 0 Å². The van der Waals surface area contributed by atoms with Crippen LogP contribution in [0.3, 0.4) is 0 Å². The molecule has 0 unspecified atom stereocenters. The fraction of sp³-hybridized carbons (Fsp3) is 0.438. The van der Waals surface area contributed by atoms with Crippen LogP contribution in [-0.2, 0) is 5.41 Å². The van der Waals surface area contributed by atoms with Gasteiger partial charge in [0.2, 0.25) is 0 Å². The monoisotopic (exact) mass is 242 g/mol. The summed E-state index contributed by atoms with van der Waals surface area (Å²) in [6.45, 7) is 11.3. The van der Waals surface area contributed by atoms with Gasteiger partial charge < -0.3 is 5.73 Å². The molecule has 2 rings (SSSR count). The largest absolute Gasteiger partial charge is 0.330 e. The number of nitrogens with zero attached hydrogens (tertiary/aromatic N) is 1. The topological polar surface area (TPSA) is 38.9 Å². The molecule has 0 saturated carbocycles. The van der Waals surface area contributed by atoms with Gasteiger partial charge in [0.25, 0.3) is 0 Å². The van der Waals surface area contributed by atoms with Gasteiger partial charge in [-0.05, 0) is 49.6 Å². The average molecular weight is 242 g/mol. The van der Waals surface area contributed by atoms with E-state index in [1.165, 1.54) is 22.1 Å². The van der Waals surface area contributed by atoms with E-state index in [0.717, 1.165) is 11.2 Å². The molecule has 0 atom stereocenters. The van der Waals surface area contributed by atoms with Gasteiger partial charge in [0, 0.05) is 23.0 Å². The molecule has 2 heteroatoms. The van der Waals surface area contributed by atoms with E-state index in [-0.39, 0.29) is 5.41 Å². The van der Waals surface area contributed by atoms with Crippen molar-refractivity contribution in [2.75, 3.05) is 6.54 Å². The van der Waals surface area contributed by atoms with Crippen molar-refractivity contribution in [3.63, 3.8) is 0 Å². The van der Waals surface area contributed by atoms with Crippen LogP contribution < -0.4 is 5.73 Å². The van der Waals surface area contributed by atoms with Crippen LogP contribution in [0.4, 0.5) is 0 Å². The summed E-state index contributed by atoms with van der Waals surface area (Å²) in [5.41, 5.74) is 11.8. The second kappa shape index (κ2) is 4.36. The van der Waals surface area contributed by atoms with Crippen LogP contribution in [0, 0.1) is 20.8 Å². The molecule has 1 heterocycles. The van der Waals surface area contributed by atoms with Crippen molar-refractivity contribution in [2.45, 2.75) is 40.0 Å². The minimum Gasteiger partial charge on any atom is -0.330 e. The van der Waals surface area contributed by atoms with Crippen molar-refractivity contribution in [2.24, 2.45) is 5.73 Å². The Morgan fingerprint density at radius 1 is 1.06 bits per heavy atom. The zero-order valence-corrected chi connectivity index (χ0v) is 12.0. The number of hydrogen-bond donors (Lipinski definition) is 1. The van der Waals surface area contributed by atoms with Crippen LogP contribution in [-0.4, -0.2) is 11.5 Å². The van der Waals surface area contributed by atoms with E-state index in [0.29, 0.717) is 6.54 Å². The standard InChI is InChI=1S/C16H22N2/c1-10-6-11(2)15-12(3)8-14(16(4,5)9-17)18-13(15)7-10/h6-8H,9,17H2,1-5H3. The van der Waals surface area contributed by atoms with Crippen molar-refractivity contribution < 1.29 is 0 Å². The third kappa shape index (κ3) is 2.13. The SMILES string of the molecule is Cc1cc(C)c2c(C)cc(C(C)(C)CN)nc2c1. The molecule has 1 aromatic carbocycles. The van der Waals surface area contributed by atoms with Crippen LogP contribution in [0.1, 0.15) is 36.2 Å². The van der Waals surface area contributed by atoms with Gasteiger partial charge >= 0.3 is 0 Å². The lowest BCUT2D eigenvalue weighted by molar-refractivity contribution is 0.523. The van der Waals surface area contributed by atoms with Crippen LogP contribution in [0.15, 0.2) is 18.2 Å². The first kappa shape index (κ1) is 13.0. The quantitative estimate of drug-likeness (QED) is 0.876. The second-order valence-corrected chi connectivity index (χ2v) is 5.89. The summed E-state index contributed by atoms with van der Waals surface area (Å²) in [6, 6.07) is 6.55. The van der Waals surface area contributed by atoms with Crippen LogP contribution in [0.2, 0.25) is 0 Å². The molecule has 2 N–H and O–H groups in total. The number of aromatic nitrogens is 1. The van der Waals surface area contributed by atoms with E-state index in [2.05, 4.69) is 52.8 Å². The lowest BCUT2D eigenvalue weighted by Crippen LogP contribution is -2.29. The van der Waals surface area contributed by atoms with Crippen molar-refractivity contribution in [3.8, 4) is 0 Å². The van der Waals surface area contributed by atoms with Gasteiger partial charge in [0.1, 0.15) is 0 Å². The highest BCUT2D eigenvalue weighted by Gasteiger charge is 2.21. The summed E-state index contributed by atoms with van der Waals surface area (Å²) in [7, 11) is 0. The molecule has 0 aliphatic rings.